The van der Waals surface area contributed by atoms with Gasteiger partial charge in [0, 0.05) is 61.6 Å². The van der Waals surface area contributed by atoms with Crippen LogP contribution in [0.25, 0.3) is 11.1 Å². The first-order valence-electron chi connectivity index (χ1n) is 12.3. The quantitative estimate of drug-likeness (QED) is 0.340. The maximum atomic E-state index is 14.0. The molecule has 1 unspecified atom stereocenters. The molecule has 0 fully saturated rings. The molecule has 0 N–H and O–H groups in total. The van der Waals surface area contributed by atoms with E-state index in [0.717, 1.165) is 0 Å². The first kappa shape index (κ1) is 25.5. The summed E-state index contributed by atoms with van der Waals surface area (Å²) in [7, 11) is 1.56. The van der Waals surface area contributed by atoms with Crippen molar-refractivity contribution in [3.05, 3.63) is 83.5 Å². The molecule has 4 aromatic rings. The number of methoxy groups -OCH3 is 1. The fourth-order valence-electron chi connectivity index (χ4n) is 4.91. The molecule has 11 heteroatoms. The van der Waals surface area contributed by atoms with Crippen molar-refractivity contribution >= 4 is 5.91 Å². The molecule has 1 amide bonds. The zero-order valence-electron chi connectivity index (χ0n) is 21.2. The van der Waals surface area contributed by atoms with Crippen molar-refractivity contribution < 1.29 is 22.7 Å². The smallest absolute Gasteiger partial charge is 0.435 e. The molecule has 0 bridgehead atoms. The highest BCUT2D eigenvalue weighted by molar-refractivity contribution is 5.99. The van der Waals surface area contributed by atoms with Crippen LogP contribution in [-0.2, 0) is 25.7 Å². The van der Waals surface area contributed by atoms with E-state index in [4.69, 9.17) is 4.74 Å². The van der Waals surface area contributed by atoms with Gasteiger partial charge in [-0.1, -0.05) is 0 Å². The van der Waals surface area contributed by atoms with Crippen molar-refractivity contribution in [3.8, 4) is 16.9 Å². The summed E-state index contributed by atoms with van der Waals surface area (Å²) in [4.78, 5) is 24.0. The largest absolute Gasteiger partial charge is 0.497 e. The number of carbonyl (C=O) groups excluding carboxylic acids is 1. The predicted octanol–water partition coefficient (Wildman–Crippen LogP) is 5.00. The van der Waals surface area contributed by atoms with Crippen LogP contribution in [0.4, 0.5) is 13.2 Å². The van der Waals surface area contributed by atoms with Crippen molar-refractivity contribution in [3.63, 3.8) is 0 Å². The number of benzene rings is 1. The van der Waals surface area contributed by atoms with Gasteiger partial charge < -0.3 is 14.2 Å². The van der Waals surface area contributed by atoms with Crippen LogP contribution in [0.2, 0.25) is 0 Å². The second kappa shape index (κ2) is 9.96. The van der Waals surface area contributed by atoms with Gasteiger partial charge in [-0.3, -0.25) is 14.5 Å². The first-order chi connectivity index (χ1) is 18.2. The number of carbonyl (C=O) groups is 1. The van der Waals surface area contributed by atoms with Gasteiger partial charge in [-0.05, 0) is 55.2 Å². The molecule has 1 aliphatic heterocycles. The third-order valence-corrected chi connectivity index (χ3v) is 6.86. The van der Waals surface area contributed by atoms with Gasteiger partial charge in [0.25, 0.3) is 5.91 Å². The molecule has 3 aromatic heterocycles. The monoisotopic (exact) mass is 524 g/mol. The first-order valence-corrected chi connectivity index (χ1v) is 12.3. The fraction of sp³-hybridized carbons (Fsp3) is 0.333. The summed E-state index contributed by atoms with van der Waals surface area (Å²) >= 11 is 0. The molecule has 0 radical (unpaired) electrons. The molecular formula is C27H27F3N6O2. The van der Waals surface area contributed by atoms with Crippen LogP contribution >= 0.6 is 0 Å². The summed E-state index contributed by atoms with van der Waals surface area (Å²) in [5, 5.41) is 3.81. The molecule has 0 saturated carbocycles. The number of nitrogens with zero attached hydrogens (tertiary/aromatic N) is 6. The third kappa shape index (κ3) is 4.75. The number of amides is 1. The lowest BCUT2D eigenvalue weighted by molar-refractivity contribution is -0.141. The number of imidazole rings is 1. The molecule has 4 heterocycles. The topological polar surface area (TPSA) is 78.1 Å². The number of hydrogen-bond donors (Lipinski definition) is 0. The van der Waals surface area contributed by atoms with E-state index in [0.29, 0.717) is 53.2 Å². The summed E-state index contributed by atoms with van der Waals surface area (Å²) < 4.78 is 50.5. The maximum Gasteiger partial charge on any atom is 0.435 e. The Morgan fingerprint density at radius 1 is 1.13 bits per heavy atom. The maximum absolute atomic E-state index is 14.0. The van der Waals surface area contributed by atoms with Crippen LogP contribution in [0.1, 0.15) is 52.8 Å². The van der Waals surface area contributed by atoms with Gasteiger partial charge in [0.1, 0.15) is 5.75 Å². The Balaban J connectivity index is 1.62. The summed E-state index contributed by atoms with van der Waals surface area (Å²) in [6, 6.07) is 6.66. The average Bonchev–Trinajstić information content (AvgIpc) is 3.58. The lowest BCUT2D eigenvalue weighted by Gasteiger charge is -2.34. The molecule has 38 heavy (non-hydrogen) atoms. The highest BCUT2D eigenvalue weighted by Gasteiger charge is 2.39. The number of alkyl halides is 3. The van der Waals surface area contributed by atoms with E-state index >= 15 is 0 Å². The fourth-order valence-corrected chi connectivity index (χ4v) is 4.91. The minimum absolute atomic E-state index is 0.0214. The minimum atomic E-state index is -4.64. The van der Waals surface area contributed by atoms with Crippen molar-refractivity contribution in [1.82, 2.24) is 29.2 Å². The highest BCUT2D eigenvalue weighted by Crippen LogP contribution is 2.41. The Kier molecular flexibility index (Phi) is 6.68. The molecule has 0 aliphatic carbocycles. The van der Waals surface area contributed by atoms with E-state index in [1.165, 1.54) is 10.9 Å². The second-order valence-electron chi connectivity index (χ2n) is 9.19. The number of rotatable bonds is 7. The van der Waals surface area contributed by atoms with E-state index in [1.807, 2.05) is 6.92 Å². The van der Waals surface area contributed by atoms with Gasteiger partial charge in [0.2, 0.25) is 0 Å². The van der Waals surface area contributed by atoms with Gasteiger partial charge in [-0.2, -0.15) is 18.3 Å². The van der Waals surface area contributed by atoms with Gasteiger partial charge in [0.05, 0.1) is 25.2 Å². The summed E-state index contributed by atoms with van der Waals surface area (Å²) in [5.41, 5.74) is 1.74. The van der Waals surface area contributed by atoms with E-state index in [1.54, 1.807) is 72.7 Å². The second-order valence-corrected chi connectivity index (χ2v) is 9.19. The SMILES string of the molecule is CCn1cc(-c2cc(Cn3ccnc3)cc3c2CCN(C(C)c2cc(OC)ccn2)C3=O)c(C(F)(F)F)n1. The third-order valence-electron chi connectivity index (χ3n) is 6.86. The number of pyridine rings is 1. The van der Waals surface area contributed by atoms with Gasteiger partial charge in [-0.25, -0.2) is 4.98 Å². The molecule has 1 aromatic carbocycles. The van der Waals surface area contributed by atoms with Gasteiger partial charge in [0.15, 0.2) is 5.69 Å². The Morgan fingerprint density at radius 2 is 1.92 bits per heavy atom. The Labute approximate surface area is 217 Å². The zero-order chi connectivity index (χ0) is 27.0. The zero-order valence-corrected chi connectivity index (χ0v) is 21.2. The van der Waals surface area contributed by atoms with E-state index in [9.17, 15) is 18.0 Å². The molecule has 1 aliphatic rings. The minimum Gasteiger partial charge on any atom is -0.497 e. The number of fused-ring (bicyclic) bond motifs is 1. The molecule has 5 rings (SSSR count). The van der Waals surface area contributed by atoms with Crippen LogP contribution < -0.4 is 4.74 Å². The summed E-state index contributed by atoms with van der Waals surface area (Å²) in [5.74, 6) is 0.373. The lowest BCUT2D eigenvalue weighted by atomic mass is 9.87. The number of halogens is 3. The molecule has 1 atom stereocenters. The van der Waals surface area contributed by atoms with Crippen LogP contribution in [0.5, 0.6) is 5.75 Å². The Bertz CT molecular complexity index is 1460. The van der Waals surface area contributed by atoms with Crippen LogP contribution in [0.3, 0.4) is 0 Å². The van der Waals surface area contributed by atoms with Gasteiger partial charge >= 0.3 is 6.18 Å². The number of aryl methyl sites for hydroxylation is 1. The number of aromatic nitrogens is 5. The Morgan fingerprint density at radius 3 is 2.61 bits per heavy atom. The number of hydrogen-bond acceptors (Lipinski definition) is 5. The van der Waals surface area contributed by atoms with Crippen molar-refractivity contribution in [2.75, 3.05) is 13.7 Å². The standard InChI is InChI=1S/C27H27F3N6O2/c1-4-35-15-23(25(33-35)27(28,29)30)21-11-18(14-34-10-8-31-16-34)12-22-20(21)6-9-36(26(22)37)17(2)24-13-19(38-3)5-7-32-24/h5,7-8,10-13,15-17H,4,6,9,14H2,1-3H3. The van der Waals surface area contributed by atoms with Crippen LogP contribution in [0, 0.1) is 0 Å². The van der Waals surface area contributed by atoms with Crippen LogP contribution in [0.15, 0.2) is 55.4 Å². The molecule has 198 valence electrons. The normalized spacial score (nSPS) is 14.5. The Hall–Kier alpha value is -4.15. The lowest BCUT2D eigenvalue weighted by Crippen LogP contribution is -2.40. The summed E-state index contributed by atoms with van der Waals surface area (Å²) in [6.07, 6.45) is 3.81. The van der Waals surface area contributed by atoms with E-state index < -0.39 is 11.9 Å². The van der Waals surface area contributed by atoms with E-state index in [2.05, 4.69) is 15.1 Å². The number of ether oxygens (including phenoxy) is 1. The van der Waals surface area contributed by atoms with Gasteiger partial charge in [-0.15, -0.1) is 0 Å². The molecule has 0 spiro atoms. The van der Waals surface area contributed by atoms with E-state index in [-0.39, 0.29) is 24.1 Å². The molecular weight excluding hydrogens is 497 g/mol. The van der Waals surface area contributed by atoms with Crippen molar-refractivity contribution in [1.29, 1.82) is 0 Å². The van der Waals surface area contributed by atoms with Crippen molar-refractivity contribution in [2.24, 2.45) is 0 Å². The van der Waals surface area contributed by atoms with Crippen LogP contribution in [-0.4, -0.2) is 48.8 Å². The molecule has 8 nitrogen and oxygen atoms in total. The predicted molar refractivity (Wildman–Crippen MR) is 134 cm³/mol. The highest BCUT2D eigenvalue weighted by atomic mass is 19.4. The average molecular weight is 525 g/mol. The molecule has 0 saturated heterocycles. The summed E-state index contributed by atoms with van der Waals surface area (Å²) in [6.45, 7) is 4.59. The van der Waals surface area contributed by atoms with Crippen molar-refractivity contribution in [2.45, 2.75) is 45.6 Å².